The average molecular weight is 346 g/mol. The van der Waals surface area contributed by atoms with Gasteiger partial charge < -0.3 is 14.6 Å². The molecule has 2 aromatic rings. The van der Waals surface area contributed by atoms with Crippen LogP contribution in [-0.4, -0.2) is 30.9 Å². The molecule has 0 heterocycles. The molecule has 0 spiro atoms. The summed E-state index contributed by atoms with van der Waals surface area (Å²) >= 11 is 0. The first-order chi connectivity index (χ1) is 12.0. The number of aromatic hydroxyl groups is 1. The Hall–Kier alpha value is -3.09. The van der Waals surface area contributed by atoms with Gasteiger partial charge in [0.1, 0.15) is 11.6 Å². The van der Waals surface area contributed by atoms with Crippen molar-refractivity contribution in [3.05, 3.63) is 53.3 Å². The highest BCUT2D eigenvalue weighted by Crippen LogP contribution is 2.27. The smallest absolute Gasteiger partial charge is 0.271 e. The van der Waals surface area contributed by atoms with Gasteiger partial charge in [-0.05, 0) is 42.8 Å². The van der Waals surface area contributed by atoms with E-state index in [1.54, 1.807) is 19.1 Å². The lowest BCUT2D eigenvalue weighted by molar-refractivity contribution is 0.0954. The molecule has 0 unspecified atom stereocenters. The molecule has 0 aliphatic rings. The molecule has 0 saturated carbocycles. The second kappa shape index (κ2) is 8.14. The van der Waals surface area contributed by atoms with Gasteiger partial charge in [0.2, 0.25) is 0 Å². The second-order valence-electron chi connectivity index (χ2n) is 5.08. The van der Waals surface area contributed by atoms with Crippen LogP contribution in [0.4, 0.5) is 4.39 Å². The van der Waals surface area contributed by atoms with Crippen LogP contribution >= 0.6 is 0 Å². The predicted molar refractivity (Wildman–Crippen MR) is 91.9 cm³/mol. The van der Waals surface area contributed by atoms with E-state index in [9.17, 15) is 14.3 Å². The minimum absolute atomic E-state index is 0.109. The summed E-state index contributed by atoms with van der Waals surface area (Å²) in [6.07, 6.45) is 0.392. The molecule has 0 radical (unpaired) electrons. The maximum Gasteiger partial charge on any atom is 0.271 e. The number of rotatable bonds is 6. The molecule has 7 heteroatoms. The number of hydrogen-bond acceptors (Lipinski definition) is 5. The summed E-state index contributed by atoms with van der Waals surface area (Å²) in [5.74, 6) is -0.163. The Bertz CT molecular complexity index is 806. The van der Waals surface area contributed by atoms with Crippen molar-refractivity contribution in [2.75, 3.05) is 14.2 Å². The number of halogens is 1. The number of methoxy groups -OCH3 is 2. The minimum Gasteiger partial charge on any atom is -0.507 e. The summed E-state index contributed by atoms with van der Waals surface area (Å²) < 4.78 is 23.7. The predicted octanol–water partition coefficient (Wildman–Crippen LogP) is 3.09. The molecule has 0 fully saturated rings. The van der Waals surface area contributed by atoms with Gasteiger partial charge in [-0.2, -0.15) is 5.10 Å². The van der Waals surface area contributed by atoms with Crippen LogP contribution in [0.2, 0.25) is 0 Å². The number of phenolic OH excluding ortho intramolecular Hbond substituents is 1. The molecule has 0 bridgehead atoms. The maximum absolute atomic E-state index is 13.4. The SMILES string of the molecule is CC/C(=N\NC(=O)c1ccc(OC)c(OC)c1)c1cc(F)ccc1O. The monoisotopic (exact) mass is 346 g/mol. The number of benzene rings is 2. The van der Waals surface area contributed by atoms with Gasteiger partial charge in [0, 0.05) is 11.1 Å². The van der Waals surface area contributed by atoms with Crippen molar-refractivity contribution in [1.29, 1.82) is 0 Å². The van der Waals surface area contributed by atoms with Crippen LogP contribution in [0.3, 0.4) is 0 Å². The number of carbonyl (C=O) groups excluding carboxylic acids is 1. The lowest BCUT2D eigenvalue weighted by Gasteiger charge is -2.10. The van der Waals surface area contributed by atoms with E-state index in [1.165, 1.54) is 32.4 Å². The third-order valence-corrected chi connectivity index (χ3v) is 3.54. The van der Waals surface area contributed by atoms with Crippen LogP contribution in [0, 0.1) is 5.82 Å². The van der Waals surface area contributed by atoms with Crippen molar-refractivity contribution in [1.82, 2.24) is 5.43 Å². The molecule has 0 aliphatic heterocycles. The molecule has 25 heavy (non-hydrogen) atoms. The zero-order valence-electron chi connectivity index (χ0n) is 14.2. The standard InChI is InChI=1S/C18H19FN2O4/c1-4-14(13-10-12(19)6-7-15(13)22)20-21-18(23)11-5-8-16(24-2)17(9-11)25-3/h5-10,22H,4H2,1-3H3,(H,21,23)/b20-14+. The zero-order valence-corrected chi connectivity index (χ0v) is 14.2. The molecule has 0 aromatic heterocycles. The van der Waals surface area contributed by atoms with E-state index >= 15 is 0 Å². The fraction of sp³-hybridized carbons (Fsp3) is 0.222. The number of amides is 1. The molecule has 0 aliphatic carbocycles. The normalized spacial score (nSPS) is 11.1. The Labute approximate surface area is 144 Å². The van der Waals surface area contributed by atoms with Gasteiger partial charge in [-0.15, -0.1) is 0 Å². The topological polar surface area (TPSA) is 80.2 Å². The van der Waals surface area contributed by atoms with Crippen LogP contribution < -0.4 is 14.9 Å². The van der Waals surface area contributed by atoms with E-state index in [1.807, 2.05) is 0 Å². The first kappa shape index (κ1) is 18.3. The summed E-state index contributed by atoms with van der Waals surface area (Å²) in [7, 11) is 2.97. The lowest BCUT2D eigenvalue weighted by Crippen LogP contribution is -2.20. The number of hydrogen-bond donors (Lipinski definition) is 2. The van der Waals surface area contributed by atoms with Crippen molar-refractivity contribution in [3.8, 4) is 17.2 Å². The summed E-state index contributed by atoms with van der Waals surface area (Å²) in [5, 5.41) is 13.9. The molecule has 2 aromatic carbocycles. The second-order valence-corrected chi connectivity index (χ2v) is 5.08. The molecule has 0 saturated heterocycles. The van der Waals surface area contributed by atoms with Crippen molar-refractivity contribution < 1.29 is 23.8 Å². The van der Waals surface area contributed by atoms with Crippen molar-refractivity contribution in [3.63, 3.8) is 0 Å². The summed E-state index contributed by atoms with van der Waals surface area (Å²) in [6, 6.07) is 8.25. The number of phenols is 1. The van der Waals surface area contributed by atoms with Gasteiger partial charge in [-0.3, -0.25) is 4.79 Å². The van der Waals surface area contributed by atoms with Crippen LogP contribution in [0.25, 0.3) is 0 Å². The average Bonchev–Trinajstić information content (AvgIpc) is 2.63. The van der Waals surface area contributed by atoms with Gasteiger partial charge in [0.05, 0.1) is 19.9 Å². The minimum atomic E-state index is -0.500. The van der Waals surface area contributed by atoms with Gasteiger partial charge in [0.15, 0.2) is 11.5 Å². The third-order valence-electron chi connectivity index (χ3n) is 3.54. The Balaban J connectivity index is 2.24. The third kappa shape index (κ3) is 4.26. The number of hydrazone groups is 1. The summed E-state index contributed by atoms with van der Waals surface area (Å²) in [6.45, 7) is 1.78. The first-order valence-electron chi connectivity index (χ1n) is 7.58. The lowest BCUT2D eigenvalue weighted by atomic mass is 10.1. The van der Waals surface area contributed by atoms with E-state index in [0.717, 1.165) is 6.07 Å². The Morgan fingerprint density at radius 3 is 2.52 bits per heavy atom. The van der Waals surface area contributed by atoms with Crippen molar-refractivity contribution in [2.24, 2.45) is 5.10 Å². The number of carbonyl (C=O) groups is 1. The molecular weight excluding hydrogens is 327 g/mol. The van der Waals surface area contributed by atoms with Crippen LogP contribution in [0.1, 0.15) is 29.3 Å². The molecule has 2 rings (SSSR count). The molecule has 0 atom stereocenters. The molecular formula is C18H19FN2O4. The van der Waals surface area contributed by atoms with E-state index in [-0.39, 0.29) is 11.3 Å². The highest BCUT2D eigenvalue weighted by atomic mass is 19.1. The fourth-order valence-electron chi connectivity index (χ4n) is 2.23. The Morgan fingerprint density at radius 2 is 1.88 bits per heavy atom. The quantitative estimate of drug-likeness (QED) is 0.622. The van der Waals surface area contributed by atoms with E-state index < -0.39 is 11.7 Å². The summed E-state index contributed by atoms with van der Waals surface area (Å²) in [5.41, 5.74) is 3.31. The van der Waals surface area contributed by atoms with Gasteiger partial charge >= 0.3 is 0 Å². The Morgan fingerprint density at radius 1 is 1.16 bits per heavy atom. The maximum atomic E-state index is 13.4. The molecule has 2 N–H and O–H groups in total. The van der Waals surface area contributed by atoms with Crippen LogP contribution in [0.15, 0.2) is 41.5 Å². The highest BCUT2D eigenvalue weighted by molar-refractivity contribution is 6.04. The van der Waals surface area contributed by atoms with Gasteiger partial charge in [0.25, 0.3) is 5.91 Å². The van der Waals surface area contributed by atoms with Crippen molar-refractivity contribution >= 4 is 11.6 Å². The summed E-state index contributed by atoms with van der Waals surface area (Å²) in [4.78, 5) is 12.3. The highest BCUT2D eigenvalue weighted by Gasteiger charge is 2.12. The molecule has 132 valence electrons. The number of ether oxygens (including phenoxy) is 2. The Kier molecular flexibility index (Phi) is 5.94. The van der Waals surface area contributed by atoms with E-state index in [2.05, 4.69) is 10.5 Å². The molecule has 6 nitrogen and oxygen atoms in total. The zero-order chi connectivity index (χ0) is 18.4. The first-order valence-corrected chi connectivity index (χ1v) is 7.58. The fourth-order valence-corrected chi connectivity index (χ4v) is 2.23. The van der Waals surface area contributed by atoms with Gasteiger partial charge in [-0.25, -0.2) is 9.82 Å². The van der Waals surface area contributed by atoms with Crippen LogP contribution in [-0.2, 0) is 0 Å². The van der Waals surface area contributed by atoms with Gasteiger partial charge in [-0.1, -0.05) is 6.92 Å². The van der Waals surface area contributed by atoms with E-state index in [0.29, 0.717) is 29.2 Å². The van der Waals surface area contributed by atoms with Crippen molar-refractivity contribution in [2.45, 2.75) is 13.3 Å². The molecule has 1 amide bonds. The number of nitrogens with one attached hydrogen (secondary N) is 1. The largest absolute Gasteiger partial charge is 0.507 e. The number of nitrogens with zero attached hydrogens (tertiary/aromatic N) is 1. The van der Waals surface area contributed by atoms with E-state index in [4.69, 9.17) is 9.47 Å². The van der Waals surface area contributed by atoms with Crippen LogP contribution in [0.5, 0.6) is 17.2 Å².